The minimum Gasteiger partial charge on any atom is -0.494 e. The molecule has 21 heavy (non-hydrogen) atoms. The molecule has 0 radical (unpaired) electrons. The van der Waals surface area contributed by atoms with Crippen molar-refractivity contribution in [3.05, 3.63) is 48.0 Å². The molecule has 0 amide bonds. The van der Waals surface area contributed by atoms with Gasteiger partial charge in [0.05, 0.1) is 16.8 Å². The topological polar surface area (TPSA) is 34.1 Å². The maximum absolute atomic E-state index is 5.58. The molecule has 3 nitrogen and oxygen atoms in total. The molecule has 4 heteroatoms. The molecule has 0 aliphatic carbocycles. The zero-order valence-electron chi connectivity index (χ0n) is 12.2. The van der Waals surface area contributed by atoms with Crippen molar-refractivity contribution in [2.24, 2.45) is 0 Å². The number of para-hydroxylation sites is 1. The van der Waals surface area contributed by atoms with Crippen LogP contribution in [0, 0.1) is 6.92 Å². The van der Waals surface area contributed by atoms with E-state index in [-0.39, 0.29) is 0 Å². The first-order valence-electron chi connectivity index (χ1n) is 7.12. The van der Waals surface area contributed by atoms with Crippen molar-refractivity contribution in [3.8, 4) is 5.75 Å². The van der Waals surface area contributed by atoms with Crippen LogP contribution in [0.5, 0.6) is 5.75 Å². The summed E-state index contributed by atoms with van der Waals surface area (Å²) in [5.74, 6) is 0.905. The largest absolute Gasteiger partial charge is 0.494 e. The van der Waals surface area contributed by atoms with Crippen molar-refractivity contribution in [1.82, 2.24) is 4.98 Å². The summed E-state index contributed by atoms with van der Waals surface area (Å²) in [6.45, 7) is 4.95. The standard InChI is InChI=1S/C17H18N2OS/c1-3-11-20-14-9-7-13(8-10-14)18-17-19-16-12(2)5-4-6-15(16)21-17/h4-10H,3,11H2,1-2H3,(H,18,19). The predicted molar refractivity (Wildman–Crippen MR) is 89.9 cm³/mol. The quantitative estimate of drug-likeness (QED) is 0.708. The molecule has 0 atom stereocenters. The van der Waals surface area contributed by atoms with Gasteiger partial charge in [-0.25, -0.2) is 4.98 Å². The first kappa shape index (κ1) is 13.9. The molecule has 0 aliphatic heterocycles. The third kappa shape index (κ3) is 3.16. The second-order valence-corrected chi connectivity index (χ2v) is 5.97. The predicted octanol–water partition coefficient (Wildman–Crippen LogP) is 5.14. The van der Waals surface area contributed by atoms with Crippen LogP contribution in [0.15, 0.2) is 42.5 Å². The number of ether oxygens (including phenoxy) is 1. The molecule has 0 fully saturated rings. The van der Waals surface area contributed by atoms with E-state index in [0.717, 1.165) is 35.1 Å². The van der Waals surface area contributed by atoms with Gasteiger partial charge in [-0.3, -0.25) is 0 Å². The number of aromatic nitrogens is 1. The summed E-state index contributed by atoms with van der Waals surface area (Å²) in [5, 5.41) is 4.27. The SMILES string of the molecule is CCCOc1ccc(Nc2nc3c(C)cccc3s2)cc1. The molecule has 1 N–H and O–H groups in total. The Bertz CT molecular complexity index is 734. The Morgan fingerprint density at radius 2 is 1.95 bits per heavy atom. The van der Waals surface area contributed by atoms with Gasteiger partial charge in [-0.1, -0.05) is 30.4 Å². The van der Waals surface area contributed by atoms with Crippen molar-refractivity contribution >= 4 is 32.4 Å². The van der Waals surface area contributed by atoms with E-state index in [1.54, 1.807) is 11.3 Å². The number of anilines is 2. The van der Waals surface area contributed by atoms with Gasteiger partial charge in [0.25, 0.3) is 0 Å². The van der Waals surface area contributed by atoms with E-state index in [4.69, 9.17) is 4.74 Å². The highest BCUT2D eigenvalue weighted by molar-refractivity contribution is 7.22. The number of fused-ring (bicyclic) bond motifs is 1. The van der Waals surface area contributed by atoms with E-state index in [1.807, 2.05) is 24.3 Å². The molecule has 1 heterocycles. The van der Waals surface area contributed by atoms with E-state index in [1.165, 1.54) is 10.3 Å². The first-order chi connectivity index (χ1) is 10.3. The highest BCUT2D eigenvalue weighted by Crippen LogP contribution is 2.30. The van der Waals surface area contributed by atoms with Crippen molar-refractivity contribution in [3.63, 3.8) is 0 Å². The molecule has 108 valence electrons. The fourth-order valence-electron chi connectivity index (χ4n) is 2.12. The van der Waals surface area contributed by atoms with Gasteiger partial charge in [0.2, 0.25) is 0 Å². The van der Waals surface area contributed by atoms with Gasteiger partial charge < -0.3 is 10.1 Å². The normalized spacial score (nSPS) is 10.8. The number of aryl methyl sites for hydroxylation is 1. The van der Waals surface area contributed by atoms with Crippen LogP contribution in [0.3, 0.4) is 0 Å². The Labute approximate surface area is 128 Å². The van der Waals surface area contributed by atoms with E-state index in [2.05, 4.69) is 42.3 Å². The van der Waals surface area contributed by atoms with Crippen LogP contribution in [-0.4, -0.2) is 11.6 Å². The zero-order chi connectivity index (χ0) is 14.7. The summed E-state index contributed by atoms with van der Waals surface area (Å²) in [5.41, 5.74) is 3.31. The fraction of sp³-hybridized carbons (Fsp3) is 0.235. The third-order valence-corrected chi connectivity index (χ3v) is 4.14. The molecular formula is C17H18N2OS. The number of rotatable bonds is 5. The molecule has 0 unspecified atom stereocenters. The summed E-state index contributed by atoms with van der Waals surface area (Å²) >= 11 is 1.67. The van der Waals surface area contributed by atoms with Gasteiger partial charge >= 0.3 is 0 Å². The summed E-state index contributed by atoms with van der Waals surface area (Å²) in [6.07, 6.45) is 1.02. The molecule has 2 aromatic carbocycles. The van der Waals surface area contributed by atoms with E-state index in [9.17, 15) is 0 Å². The van der Waals surface area contributed by atoms with E-state index >= 15 is 0 Å². The minimum atomic E-state index is 0.754. The van der Waals surface area contributed by atoms with Gasteiger partial charge in [-0.15, -0.1) is 0 Å². The van der Waals surface area contributed by atoms with Crippen LogP contribution < -0.4 is 10.1 Å². The molecule has 0 spiro atoms. The minimum absolute atomic E-state index is 0.754. The lowest BCUT2D eigenvalue weighted by atomic mass is 10.2. The second kappa shape index (κ2) is 6.14. The summed E-state index contributed by atoms with van der Waals surface area (Å²) < 4.78 is 6.79. The highest BCUT2D eigenvalue weighted by atomic mass is 32.1. The number of nitrogens with one attached hydrogen (secondary N) is 1. The molecule has 3 rings (SSSR count). The van der Waals surface area contributed by atoms with Crippen LogP contribution in [0.2, 0.25) is 0 Å². The highest BCUT2D eigenvalue weighted by Gasteiger charge is 2.06. The molecule has 1 aromatic heterocycles. The van der Waals surface area contributed by atoms with Crippen LogP contribution in [0.25, 0.3) is 10.2 Å². The van der Waals surface area contributed by atoms with Crippen molar-refractivity contribution in [2.45, 2.75) is 20.3 Å². The average molecular weight is 298 g/mol. The smallest absolute Gasteiger partial charge is 0.188 e. The van der Waals surface area contributed by atoms with Crippen LogP contribution in [0.1, 0.15) is 18.9 Å². The zero-order valence-corrected chi connectivity index (χ0v) is 13.0. The van der Waals surface area contributed by atoms with Crippen molar-refractivity contribution in [1.29, 1.82) is 0 Å². The summed E-state index contributed by atoms with van der Waals surface area (Å²) in [4.78, 5) is 4.66. The molecule has 0 saturated heterocycles. The fourth-order valence-corrected chi connectivity index (χ4v) is 3.08. The molecule has 0 aliphatic rings. The summed E-state index contributed by atoms with van der Waals surface area (Å²) in [7, 11) is 0. The lowest BCUT2D eigenvalue weighted by Crippen LogP contribution is -1.95. The van der Waals surface area contributed by atoms with Gasteiger partial charge in [0.15, 0.2) is 5.13 Å². The van der Waals surface area contributed by atoms with Gasteiger partial charge in [-0.05, 0) is 49.2 Å². The Morgan fingerprint density at radius 3 is 2.67 bits per heavy atom. The maximum atomic E-state index is 5.58. The molecule has 0 saturated carbocycles. The summed E-state index contributed by atoms with van der Waals surface area (Å²) in [6, 6.07) is 14.3. The van der Waals surface area contributed by atoms with Crippen molar-refractivity contribution < 1.29 is 4.74 Å². The monoisotopic (exact) mass is 298 g/mol. The Balaban J connectivity index is 1.77. The van der Waals surface area contributed by atoms with Crippen LogP contribution >= 0.6 is 11.3 Å². The lowest BCUT2D eigenvalue weighted by Gasteiger charge is -2.06. The second-order valence-electron chi connectivity index (χ2n) is 4.94. The number of hydrogen-bond acceptors (Lipinski definition) is 4. The Kier molecular flexibility index (Phi) is 4.06. The third-order valence-electron chi connectivity index (χ3n) is 3.20. The number of nitrogens with zero attached hydrogens (tertiary/aromatic N) is 1. The number of hydrogen-bond donors (Lipinski definition) is 1. The molecule has 0 bridgehead atoms. The van der Waals surface area contributed by atoms with E-state index < -0.39 is 0 Å². The number of benzene rings is 2. The van der Waals surface area contributed by atoms with Crippen LogP contribution in [0.4, 0.5) is 10.8 Å². The maximum Gasteiger partial charge on any atom is 0.188 e. The Morgan fingerprint density at radius 1 is 1.14 bits per heavy atom. The van der Waals surface area contributed by atoms with Gasteiger partial charge in [0, 0.05) is 5.69 Å². The van der Waals surface area contributed by atoms with Crippen LogP contribution in [-0.2, 0) is 0 Å². The first-order valence-corrected chi connectivity index (χ1v) is 7.94. The molecule has 3 aromatic rings. The number of thiazole rings is 1. The Hall–Kier alpha value is -2.07. The van der Waals surface area contributed by atoms with Gasteiger partial charge in [0.1, 0.15) is 5.75 Å². The average Bonchev–Trinajstić information content (AvgIpc) is 2.91. The van der Waals surface area contributed by atoms with E-state index in [0.29, 0.717) is 0 Å². The van der Waals surface area contributed by atoms with Gasteiger partial charge in [-0.2, -0.15) is 0 Å². The van der Waals surface area contributed by atoms with Crippen molar-refractivity contribution in [2.75, 3.05) is 11.9 Å². The lowest BCUT2D eigenvalue weighted by molar-refractivity contribution is 0.317. The molecular weight excluding hydrogens is 280 g/mol.